The second-order valence-corrected chi connectivity index (χ2v) is 5.61. The summed E-state index contributed by atoms with van der Waals surface area (Å²) in [6.07, 6.45) is 3.93. The Bertz CT molecular complexity index is 617. The van der Waals surface area contributed by atoms with Crippen LogP contribution in [-0.4, -0.2) is 66.7 Å². The summed E-state index contributed by atoms with van der Waals surface area (Å²) in [6, 6.07) is 3.93. The third-order valence-electron chi connectivity index (χ3n) is 3.12. The highest BCUT2D eigenvalue weighted by Gasteiger charge is 2.14. The van der Waals surface area contributed by atoms with Crippen LogP contribution in [-0.2, 0) is 21.3 Å². The molecule has 10 heteroatoms. The van der Waals surface area contributed by atoms with E-state index in [1.54, 1.807) is 0 Å². The average Bonchev–Trinajstić information content (AvgIpc) is 3.08. The number of aromatic nitrogens is 3. The van der Waals surface area contributed by atoms with E-state index in [1.165, 1.54) is 0 Å². The summed E-state index contributed by atoms with van der Waals surface area (Å²) in [5.74, 6) is 0.525. The number of pyridine rings is 1. The van der Waals surface area contributed by atoms with Crippen molar-refractivity contribution in [2.45, 2.75) is 0 Å². The minimum absolute atomic E-state index is 0. The van der Waals surface area contributed by atoms with Crippen molar-refractivity contribution in [2.24, 2.45) is 7.05 Å². The van der Waals surface area contributed by atoms with Crippen molar-refractivity contribution in [1.82, 2.24) is 8.75 Å². The van der Waals surface area contributed by atoms with Gasteiger partial charge in [0.1, 0.15) is 13.7 Å². The van der Waals surface area contributed by atoms with Crippen molar-refractivity contribution in [3.05, 3.63) is 24.5 Å². The molecule has 2 rings (SSSR count). The van der Waals surface area contributed by atoms with Crippen molar-refractivity contribution >= 4 is 11.7 Å². The Morgan fingerprint density at radius 1 is 1.00 bits per heavy atom. The van der Waals surface area contributed by atoms with Gasteiger partial charge < -0.3 is 48.0 Å². The predicted octanol–water partition coefficient (Wildman–Crippen LogP) is -2.55. The van der Waals surface area contributed by atoms with Gasteiger partial charge in [0.15, 0.2) is 18.1 Å². The number of nitrogens with zero attached hydrogens (tertiary/aromatic N) is 3. The van der Waals surface area contributed by atoms with Gasteiger partial charge in [0.2, 0.25) is 0 Å². The molecule has 0 spiro atoms. The van der Waals surface area contributed by atoms with Gasteiger partial charge in [-0.15, -0.1) is 4.37 Å². The Kier molecular flexibility index (Phi) is 12.6. The van der Waals surface area contributed by atoms with Gasteiger partial charge in [-0.05, 0) is 6.07 Å². The summed E-state index contributed by atoms with van der Waals surface area (Å²) in [4.78, 5) is 0. The fraction of sp³-hybridized carbons (Fsp3) is 0.562. The van der Waals surface area contributed by atoms with Crippen LogP contribution in [0, 0.1) is 0 Å². The fourth-order valence-corrected chi connectivity index (χ4v) is 2.50. The summed E-state index contributed by atoms with van der Waals surface area (Å²) >= 11 is 1.13. The van der Waals surface area contributed by atoms with Gasteiger partial charge in [0.05, 0.1) is 63.5 Å². The van der Waals surface area contributed by atoms with E-state index in [9.17, 15) is 0 Å². The van der Waals surface area contributed by atoms with E-state index in [0.29, 0.717) is 52.1 Å². The number of hydrogen-bond donors (Lipinski definition) is 1. The Labute approximate surface area is 174 Å². The highest BCUT2D eigenvalue weighted by molar-refractivity contribution is 6.99. The molecular formula is C16H24IN3O5S. The van der Waals surface area contributed by atoms with Crippen molar-refractivity contribution < 1.29 is 52.6 Å². The number of ether oxygens (including phenoxy) is 4. The molecule has 0 aromatic carbocycles. The quantitative estimate of drug-likeness (QED) is 0.185. The number of rotatable bonds is 13. The number of hydrogen-bond acceptors (Lipinski definition) is 8. The van der Waals surface area contributed by atoms with Crippen LogP contribution in [0.15, 0.2) is 24.5 Å². The van der Waals surface area contributed by atoms with E-state index in [0.717, 1.165) is 23.0 Å². The summed E-state index contributed by atoms with van der Waals surface area (Å²) in [6.45, 7) is 3.16. The van der Waals surface area contributed by atoms with E-state index < -0.39 is 0 Å². The topological polar surface area (TPSA) is 86.8 Å². The Hall–Kier alpha value is -0.920. The zero-order valence-electron chi connectivity index (χ0n) is 14.7. The predicted molar refractivity (Wildman–Crippen MR) is 91.6 cm³/mol. The van der Waals surface area contributed by atoms with Crippen LogP contribution >= 0.6 is 11.7 Å². The summed E-state index contributed by atoms with van der Waals surface area (Å²) in [5.41, 5.74) is 1.71. The van der Waals surface area contributed by atoms with Crippen LogP contribution < -0.4 is 33.3 Å². The van der Waals surface area contributed by atoms with Crippen molar-refractivity contribution in [1.29, 1.82) is 0 Å². The normalized spacial score (nSPS) is 10.5. The first-order valence-corrected chi connectivity index (χ1v) is 8.79. The molecule has 2 heterocycles. The molecule has 0 aliphatic carbocycles. The lowest BCUT2D eigenvalue weighted by Gasteiger charge is -2.07. The maximum absolute atomic E-state index is 8.55. The summed E-state index contributed by atoms with van der Waals surface area (Å²) in [5, 5.41) is 8.55. The molecule has 0 saturated heterocycles. The number of aliphatic hydroxyl groups excluding tert-OH is 1. The van der Waals surface area contributed by atoms with Gasteiger partial charge in [-0.1, -0.05) is 0 Å². The minimum Gasteiger partial charge on any atom is -1.00 e. The molecule has 0 radical (unpaired) electrons. The lowest BCUT2D eigenvalue weighted by atomic mass is 10.2. The van der Waals surface area contributed by atoms with E-state index in [-0.39, 0.29) is 30.6 Å². The van der Waals surface area contributed by atoms with Gasteiger partial charge >= 0.3 is 0 Å². The molecule has 146 valence electrons. The molecule has 26 heavy (non-hydrogen) atoms. The molecule has 0 fully saturated rings. The Morgan fingerprint density at radius 3 is 2.31 bits per heavy atom. The second-order valence-electron chi connectivity index (χ2n) is 5.09. The molecule has 0 aliphatic heterocycles. The highest BCUT2D eigenvalue weighted by atomic mass is 127. The third-order valence-corrected chi connectivity index (χ3v) is 3.63. The van der Waals surface area contributed by atoms with E-state index in [1.807, 2.05) is 36.1 Å². The summed E-state index contributed by atoms with van der Waals surface area (Å²) in [7, 11) is 1.96. The zero-order chi connectivity index (χ0) is 17.7. The molecule has 2 aromatic rings. The summed E-state index contributed by atoms with van der Waals surface area (Å²) < 4.78 is 32.0. The van der Waals surface area contributed by atoms with Crippen LogP contribution in [0.5, 0.6) is 5.88 Å². The molecule has 0 saturated carbocycles. The van der Waals surface area contributed by atoms with Gasteiger partial charge in [-0.25, -0.2) is 4.57 Å². The molecule has 2 aromatic heterocycles. The van der Waals surface area contributed by atoms with Crippen LogP contribution in [0.2, 0.25) is 0 Å². The van der Waals surface area contributed by atoms with Gasteiger partial charge in [-0.2, -0.15) is 4.37 Å². The van der Waals surface area contributed by atoms with Crippen molar-refractivity contribution in [3.63, 3.8) is 0 Å². The van der Waals surface area contributed by atoms with Crippen molar-refractivity contribution in [2.75, 3.05) is 52.9 Å². The largest absolute Gasteiger partial charge is 1.00 e. The van der Waals surface area contributed by atoms with Crippen LogP contribution in [0.4, 0.5) is 0 Å². The zero-order valence-corrected chi connectivity index (χ0v) is 17.6. The number of aryl methyl sites for hydroxylation is 1. The first-order valence-electron chi connectivity index (χ1n) is 8.06. The SMILES string of the molecule is C[n+]1cccc(-c2nsnc2OCCOCCOCCOCCO)c1.[I-]. The lowest BCUT2D eigenvalue weighted by Crippen LogP contribution is -3.00. The highest BCUT2D eigenvalue weighted by Crippen LogP contribution is 2.26. The fourth-order valence-electron chi connectivity index (χ4n) is 1.98. The minimum atomic E-state index is 0. The van der Waals surface area contributed by atoms with Gasteiger partial charge in [0, 0.05) is 6.07 Å². The molecular weight excluding hydrogens is 473 g/mol. The Morgan fingerprint density at radius 2 is 1.65 bits per heavy atom. The molecule has 0 aliphatic rings. The smallest absolute Gasteiger partial charge is 0.254 e. The maximum Gasteiger partial charge on any atom is 0.254 e. The van der Waals surface area contributed by atoms with E-state index in [2.05, 4.69) is 8.75 Å². The average molecular weight is 497 g/mol. The van der Waals surface area contributed by atoms with Gasteiger partial charge in [0.25, 0.3) is 5.88 Å². The molecule has 0 unspecified atom stereocenters. The van der Waals surface area contributed by atoms with E-state index >= 15 is 0 Å². The molecule has 0 bridgehead atoms. The monoisotopic (exact) mass is 497 g/mol. The lowest BCUT2D eigenvalue weighted by molar-refractivity contribution is -0.671. The second kappa shape index (κ2) is 14.2. The standard InChI is InChI=1S/C16H24N3O5S.HI/c1-19-4-2-3-14(13-19)15-16(18-25-17-15)24-12-11-23-10-9-22-8-7-21-6-5-20;/h2-4,13,20H,5-12H2,1H3;1H/q+1;/p-1. The molecule has 1 N–H and O–H groups in total. The maximum atomic E-state index is 8.55. The molecule has 0 atom stereocenters. The first-order chi connectivity index (χ1) is 12.3. The van der Waals surface area contributed by atoms with Crippen molar-refractivity contribution in [3.8, 4) is 17.1 Å². The van der Waals surface area contributed by atoms with E-state index in [4.69, 9.17) is 24.1 Å². The Balaban J connectivity index is 0.00000338. The molecule has 8 nitrogen and oxygen atoms in total. The third kappa shape index (κ3) is 8.64. The first kappa shape index (κ1) is 23.1. The van der Waals surface area contributed by atoms with Crippen LogP contribution in [0.3, 0.4) is 0 Å². The van der Waals surface area contributed by atoms with Crippen LogP contribution in [0.1, 0.15) is 0 Å². The number of halogens is 1. The molecule has 0 amide bonds. The van der Waals surface area contributed by atoms with Crippen LogP contribution in [0.25, 0.3) is 11.3 Å². The number of aliphatic hydroxyl groups is 1. The van der Waals surface area contributed by atoms with Gasteiger partial charge in [-0.3, -0.25) is 0 Å².